The highest BCUT2D eigenvalue weighted by Crippen LogP contribution is 2.59. The molecule has 3 fully saturated rings. The molecule has 2 saturated heterocycles. The second-order valence-corrected chi connectivity index (χ2v) is 6.86. The minimum Gasteiger partial charge on any atom is -0.344 e. The lowest BCUT2D eigenvalue weighted by molar-refractivity contribution is -0.132. The standard InChI is InChI=1S/C15H27N3O/c1-17-9-3-4-12(17)11-18(2)14(19)13-10-15(13)5-7-16-8-6-15/h12-13,16H,3-11H2,1-2H3. The number of carbonyl (C=O) groups is 1. The maximum Gasteiger partial charge on any atom is 0.226 e. The van der Waals surface area contributed by atoms with Gasteiger partial charge in [0.15, 0.2) is 0 Å². The van der Waals surface area contributed by atoms with Gasteiger partial charge in [-0.2, -0.15) is 0 Å². The van der Waals surface area contributed by atoms with Crippen LogP contribution in [0.5, 0.6) is 0 Å². The number of likely N-dealkylation sites (tertiary alicyclic amines) is 1. The molecule has 0 aromatic rings. The van der Waals surface area contributed by atoms with Crippen LogP contribution in [0, 0.1) is 11.3 Å². The molecule has 2 unspecified atom stereocenters. The minimum absolute atomic E-state index is 0.325. The molecule has 108 valence electrons. The zero-order chi connectivity index (χ0) is 13.5. The molecule has 19 heavy (non-hydrogen) atoms. The Hall–Kier alpha value is -0.610. The Balaban J connectivity index is 1.53. The molecule has 3 rings (SSSR count). The van der Waals surface area contributed by atoms with Crippen molar-refractivity contribution in [2.75, 3.05) is 40.3 Å². The summed E-state index contributed by atoms with van der Waals surface area (Å²) in [7, 11) is 4.18. The normalized spacial score (nSPS) is 33.6. The summed E-state index contributed by atoms with van der Waals surface area (Å²) in [4.78, 5) is 17.0. The number of hydrogen-bond donors (Lipinski definition) is 1. The molecule has 1 N–H and O–H groups in total. The van der Waals surface area contributed by atoms with E-state index in [1.807, 2.05) is 11.9 Å². The van der Waals surface area contributed by atoms with E-state index in [2.05, 4.69) is 17.3 Å². The quantitative estimate of drug-likeness (QED) is 0.824. The number of rotatable bonds is 3. The molecular formula is C15H27N3O. The summed E-state index contributed by atoms with van der Waals surface area (Å²) in [5, 5.41) is 3.40. The fourth-order valence-corrected chi connectivity index (χ4v) is 4.06. The number of nitrogens with one attached hydrogen (secondary N) is 1. The van der Waals surface area contributed by atoms with Gasteiger partial charge in [-0.3, -0.25) is 4.79 Å². The fourth-order valence-electron chi connectivity index (χ4n) is 4.06. The molecule has 1 saturated carbocycles. The first-order valence-electron chi connectivity index (χ1n) is 7.78. The van der Waals surface area contributed by atoms with Gasteiger partial charge in [0.1, 0.15) is 0 Å². The Labute approximate surface area is 116 Å². The molecule has 2 aliphatic heterocycles. The zero-order valence-corrected chi connectivity index (χ0v) is 12.3. The predicted octanol–water partition coefficient (Wildman–Crippen LogP) is 0.929. The Morgan fingerprint density at radius 2 is 2.16 bits per heavy atom. The van der Waals surface area contributed by atoms with Gasteiger partial charge in [-0.05, 0) is 64.2 Å². The average molecular weight is 265 g/mol. The van der Waals surface area contributed by atoms with Crippen molar-refractivity contribution in [3.8, 4) is 0 Å². The molecule has 0 aromatic carbocycles. The molecule has 0 bridgehead atoms. The van der Waals surface area contributed by atoms with Crippen LogP contribution in [0.3, 0.4) is 0 Å². The van der Waals surface area contributed by atoms with Crippen LogP contribution < -0.4 is 5.32 Å². The van der Waals surface area contributed by atoms with Gasteiger partial charge in [0.2, 0.25) is 5.91 Å². The third kappa shape index (κ3) is 2.52. The summed E-state index contributed by atoms with van der Waals surface area (Å²) < 4.78 is 0. The first-order valence-corrected chi connectivity index (χ1v) is 7.78. The van der Waals surface area contributed by atoms with Crippen molar-refractivity contribution in [2.24, 2.45) is 11.3 Å². The van der Waals surface area contributed by atoms with Gasteiger partial charge in [0.05, 0.1) is 0 Å². The van der Waals surface area contributed by atoms with Crippen molar-refractivity contribution in [1.29, 1.82) is 0 Å². The molecule has 0 radical (unpaired) electrons. The molecule has 2 heterocycles. The first-order chi connectivity index (χ1) is 9.12. The second-order valence-electron chi connectivity index (χ2n) is 6.86. The summed E-state index contributed by atoms with van der Waals surface area (Å²) in [6, 6.07) is 0.580. The topological polar surface area (TPSA) is 35.6 Å². The van der Waals surface area contributed by atoms with E-state index in [0.717, 1.165) is 26.1 Å². The lowest BCUT2D eigenvalue weighted by atomic mass is 9.91. The van der Waals surface area contributed by atoms with Crippen molar-refractivity contribution in [3.05, 3.63) is 0 Å². The smallest absolute Gasteiger partial charge is 0.226 e. The zero-order valence-electron chi connectivity index (χ0n) is 12.3. The third-order valence-corrected chi connectivity index (χ3v) is 5.62. The summed E-state index contributed by atoms with van der Waals surface area (Å²) in [6.45, 7) is 4.30. The largest absolute Gasteiger partial charge is 0.344 e. The van der Waals surface area contributed by atoms with Gasteiger partial charge in [0.25, 0.3) is 0 Å². The van der Waals surface area contributed by atoms with Crippen molar-refractivity contribution in [3.63, 3.8) is 0 Å². The number of carbonyl (C=O) groups excluding carboxylic acids is 1. The van der Waals surface area contributed by atoms with Gasteiger partial charge in [-0.25, -0.2) is 0 Å². The number of amides is 1. The van der Waals surface area contributed by atoms with E-state index < -0.39 is 0 Å². The molecule has 3 aliphatic rings. The Kier molecular flexibility index (Phi) is 3.56. The number of nitrogens with zero attached hydrogens (tertiary/aromatic N) is 2. The van der Waals surface area contributed by atoms with E-state index >= 15 is 0 Å². The van der Waals surface area contributed by atoms with E-state index in [1.165, 1.54) is 32.2 Å². The van der Waals surface area contributed by atoms with Crippen LogP contribution >= 0.6 is 0 Å². The van der Waals surface area contributed by atoms with Crippen LogP contribution in [-0.2, 0) is 4.79 Å². The molecule has 4 heteroatoms. The van der Waals surface area contributed by atoms with Crippen LogP contribution in [0.2, 0.25) is 0 Å². The van der Waals surface area contributed by atoms with Crippen molar-refractivity contribution >= 4 is 5.91 Å². The van der Waals surface area contributed by atoms with Crippen LogP contribution in [-0.4, -0.2) is 62.0 Å². The molecule has 1 amide bonds. The van der Waals surface area contributed by atoms with Crippen LogP contribution in [0.4, 0.5) is 0 Å². The molecule has 0 aromatic heterocycles. The van der Waals surface area contributed by atoms with E-state index in [-0.39, 0.29) is 0 Å². The van der Waals surface area contributed by atoms with Crippen LogP contribution in [0.15, 0.2) is 0 Å². The lowest BCUT2D eigenvalue weighted by Crippen LogP contribution is -2.41. The lowest BCUT2D eigenvalue weighted by Gasteiger charge is -2.28. The fraction of sp³-hybridized carbons (Fsp3) is 0.933. The summed E-state index contributed by atoms with van der Waals surface area (Å²) in [5.74, 6) is 0.730. The van der Waals surface area contributed by atoms with E-state index in [9.17, 15) is 4.79 Å². The highest BCUT2D eigenvalue weighted by Gasteiger charge is 2.58. The molecular weight excluding hydrogens is 238 g/mol. The molecule has 2 atom stereocenters. The minimum atomic E-state index is 0.325. The van der Waals surface area contributed by atoms with Crippen molar-refractivity contribution in [1.82, 2.24) is 15.1 Å². The summed E-state index contributed by atoms with van der Waals surface area (Å²) in [5.41, 5.74) is 0.373. The van der Waals surface area contributed by atoms with Gasteiger partial charge in [0, 0.05) is 25.6 Å². The monoisotopic (exact) mass is 265 g/mol. The Morgan fingerprint density at radius 3 is 2.79 bits per heavy atom. The molecule has 1 spiro atoms. The second kappa shape index (κ2) is 5.06. The molecule has 1 aliphatic carbocycles. The number of hydrogen-bond acceptors (Lipinski definition) is 3. The maximum atomic E-state index is 12.6. The Bertz CT molecular complexity index is 351. The Morgan fingerprint density at radius 1 is 1.42 bits per heavy atom. The van der Waals surface area contributed by atoms with Crippen molar-refractivity contribution < 1.29 is 4.79 Å². The van der Waals surface area contributed by atoms with Crippen LogP contribution in [0.1, 0.15) is 32.1 Å². The van der Waals surface area contributed by atoms with E-state index in [4.69, 9.17) is 0 Å². The average Bonchev–Trinajstić information content (AvgIpc) is 2.94. The third-order valence-electron chi connectivity index (χ3n) is 5.62. The summed E-state index contributed by atoms with van der Waals surface area (Å²) in [6.07, 6.45) is 6.05. The van der Waals surface area contributed by atoms with E-state index in [0.29, 0.717) is 23.3 Å². The number of likely N-dealkylation sites (N-methyl/N-ethyl adjacent to an activating group) is 2. The SMILES string of the molecule is CN(CC1CCCN1C)C(=O)C1CC12CCNCC2. The van der Waals surface area contributed by atoms with Gasteiger partial charge in [-0.15, -0.1) is 0 Å². The maximum absolute atomic E-state index is 12.6. The molecule has 4 nitrogen and oxygen atoms in total. The number of piperidine rings is 1. The van der Waals surface area contributed by atoms with E-state index in [1.54, 1.807) is 0 Å². The van der Waals surface area contributed by atoms with Gasteiger partial charge >= 0.3 is 0 Å². The van der Waals surface area contributed by atoms with Crippen molar-refractivity contribution in [2.45, 2.75) is 38.1 Å². The highest BCUT2D eigenvalue weighted by atomic mass is 16.2. The highest BCUT2D eigenvalue weighted by molar-refractivity contribution is 5.82. The van der Waals surface area contributed by atoms with Crippen LogP contribution in [0.25, 0.3) is 0 Å². The first kappa shape index (κ1) is 13.4. The summed E-state index contributed by atoms with van der Waals surface area (Å²) >= 11 is 0. The van der Waals surface area contributed by atoms with Gasteiger partial charge in [-0.1, -0.05) is 0 Å². The predicted molar refractivity (Wildman–Crippen MR) is 75.9 cm³/mol. The van der Waals surface area contributed by atoms with Gasteiger partial charge < -0.3 is 15.1 Å².